The molecule has 68 heavy (non-hydrogen) atoms. The Labute approximate surface area is 389 Å². The Morgan fingerprint density at radius 3 is 2.00 bits per heavy atom. The lowest BCUT2D eigenvalue weighted by molar-refractivity contribution is -0.387. The third kappa shape index (κ3) is 8.34. The van der Waals surface area contributed by atoms with Gasteiger partial charge in [0.2, 0.25) is 0 Å². The van der Waals surface area contributed by atoms with Gasteiger partial charge in [-0.2, -0.15) is 0 Å². The van der Waals surface area contributed by atoms with Crippen LogP contribution in [0.2, 0.25) is 0 Å². The monoisotopic (exact) mass is 961 g/mol. The van der Waals surface area contributed by atoms with Crippen LogP contribution in [0.3, 0.4) is 0 Å². The first kappa shape index (κ1) is 51.3. The maximum atomic E-state index is 14.7. The molecule has 2 N–H and O–H groups in total. The van der Waals surface area contributed by atoms with E-state index in [1.807, 2.05) is 0 Å². The van der Waals surface area contributed by atoms with Crippen molar-refractivity contribution < 1.29 is 106 Å². The highest BCUT2D eigenvalue weighted by molar-refractivity contribution is 6.01. The second-order valence-corrected chi connectivity index (χ2v) is 18.5. The van der Waals surface area contributed by atoms with Crippen molar-refractivity contribution in [2.45, 2.75) is 147 Å². The number of nitrogens with zero attached hydrogens (tertiary/aromatic N) is 1. The zero-order valence-corrected chi connectivity index (χ0v) is 39.0. The van der Waals surface area contributed by atoms with Gasteiger partial charge in [0.1, 0.15) is 53.7 Å². The molecule has 0 amide bonds. The minimum atomic E-state index is -3.10. The van der Waals surface area contributed by atoms with Gasteiger partial charge in [-0.1, -0.05) is 13.8 Å². The van der Waals surface area contributed by atoms with Gasteiger partial charge in [0.05, 0.1) is 30.9 Å². The van der Waals surface area contributed by atoms with Gasteiger partial charge in [0.15, 0.2) is 35.6 Å². The standard InChI is InChI=1S/C45H55NO22/c1-19-11-12-28(51)26(15-29(52)59-10)38(54)61-18-44-35(64-23(5)49)31(66-37(19)53)30-33(63-22(4)48)45(44)43(9,58)34(32(62-21(3)47)36(44)65-24(6)50)67-40(56)42(8,57)20(2)25-13-14-46-16-27(25)39(55)60-17-41(30,7)68-45/h13-14,16,19-20,26,30-36,57-58H,11-12,15,17-18H2,1-10H3/t19-,20-,26+,30-,31-,32+,33-,34+,35-,36+,41+,42-,43+,44-,45+/m1/s1. The molecule has 0 radical (unpaired) electrons. The molecule has 372 valence electrons. The second kappa shape index (κ2) is 18.4. The molecule has 2 saturated heterocycles. The summed E-state index contributed by atoms with van der Waals surface area (Å²) in [7, 11) is 0.992. The minimum Gasteiger partial charge on any atom is -0.469 e. The zero-order valence-electron chi connectivity index (χ0n) is 39.0. The third-order valence-corrected chi connectivity index (χ3v) is 14.0. The van der Waals surface area contributed by atoms with E-state index in [4.69, 9.17) is 47.4 Å². The van der Waals surface area contributed by atoms with Crippen molar-refractivity contribution >= 4 is 59.5 Å². The average Bonchev–Trinajstić information content (AvgIpc) is 3.48. The summed E-state index contributed by atoms with van der Waals surface area (Å²) >= 11 is 0. The second-order valence-electron chi connectivity index (χ2n) is 18.5. The Hall–Kier alpha value is -6.07. The number of pyridine rings is 1. The first-order valence-electron chi connectivity index (χ1n) is 21.7. The number of aliphatic hydroxyl groups is 2. The molecular formula is C45H55NO22. The van der Waals surface area contributed by atoms with E-state index in [-0.39, 0.29) is 17.5 Å². The summed E-state index contributed by atoms with van der Waals surface area (Å²) in [5.74, 6) is -18.1. The molecule has 0 unspecified atom stereocenters. The fraction of sp³-hybridized carbons (Fsp3) is 0.667. The number of carbonyl (C=O) groups excluding carboxylic acids is 10. The number of Topliss-reactive ketones (excluding diaryl/α,β-unsaturated/α-hetero) is 1. The smallest absolute Gasteiger partial charge is 0.340 e. The largest absolute Gasteiger partial charge is 0.469 e. The molecular weight excluding hydrogens is 906 g/mol. The van der Waals surface area contributed by atoms with Crippen molar-refractivity contribution in [3.63, 3.8) is 0 Å². The Morgan fingerprint density at radius 2 is 1.40 bits per heavy atom. The van der Waals surface area contributed by atoms with E-state index in [2.05, 4.69) is 4.98 Å². The third-order valence-electron chi connectivity index (χ3n) is 14.0. The number of ether oxygens (including phenoxy) is 10. The lowest BCUT2D eigenvalue weighted by Crippen LogP contribution is -2.89. The number of ketones is 1. The van der Waals surface area contributed by atoms with Crippen LogP contribution in [-0.4, -0.2) is 154 Å². The van der Waals surface area contributed by atoms with Gasteiger partial charge in [0.25, 0.3) is 0 Å². The summed E-state index contributed by atoms with van der Waals surface area (Å²) in [5, 5.41) is 25.8. The average molecular weight is 962 g/mol. The van der Waals surface area contributed by atoms with E-state index >= 15 is 0 Å². The fourth-order valence-corrected chi connectivity index (χ4v) is 10.6. The normalized spacial score (nSPS) is 39.3. The molecule has 23 heteroatoms. The Kier molecular flexibility index (Phi) is 13.9. The fourth-order valence-electron chi connectivity index (χ4n) is 10.6. The lowest BCUT2D eigenvalue weighted by Gasteiger charge is -2.67. The van der Waals surface area contributed by atoms with Gasteiger partial charge in [-0.05, 0) is 38.8 Å². The molecule has 3 aliphatic heterocycles. The number of aromatic nitrogens is 1. The molecule has 4 heterocycles. The summed E-state index contributed by atoms with van der Waals surface area (Å²) in [4.78, 5) is 143. The van der Waals surface area contributed by atoms with E-state index in [0.717, 1.165) is 54.8 Å². The van der Waals surface area contributed by atoms with Crippen molar-refractivity contribution in [1.82, 2.24) is 4.98 Å². The molecule has 2 aliphatic carbocycles. The number of hydrogen-bond acceptors (Lipinski definition) is 23. The first-order chi connectivity index (χ1) is 31.6. The number of fused-ring (bicyclic) bond motifs is 7. The van der Waals surface area contributed by atoms with E-state index in [1.165, 1.54) is 33.0 Å². The minimum absolute atomic E-state index is 0.0150. The van der Waals surface area contributed by atoms with E-state index < -0.39 is 174 Å². The van der Waals surface area contributed by atoms with Gasteiger partial charge < -0.3 is 57.6 Å². The SMILES string of the molecule is COC(=O)C[C@H]1C(=O)CC[C@@H](C)C(=O)O[C@@H]2[C@@H]3[C@@H](OC(C)=O)[C@@]45O[C@@]3(C)COC(=O)c3cnccc3[C@@H](C)[C@@](C)(O)C(=O)O[C@@H]([C@H](OC(C)=O)[C@H](OC(C)=O)[C@@]4(COC1=O)[C@@H]2OC(C)=O)[C@]5(C)O. The van der Waals surface area contributed by atoms with Gasteiger partial charge >= 0.3 is 53.7 Å². The number of rotatable bonds is 6. The molecule has 1 aromatic rings. The highest BCUT2D eigenvalue weighted by atomic mass is 16.7. The topological polar surface area (TPSA) is 316 Å². The van der Waals surface area contributed by atoms with Gasteiger partial charge in [0, 0.05) is 52.4 Å². The molecule has 15 atom stereocenters. The number of cyclic esters (lactones) is 2. The molecule has 23 nitrogen and oxygen atoms in total. The van der Waals surface area contributed by atoms with Crippen LogP contribution in [0.4, 0.5) is 0 Å². The van der Waals surface area contributed by atoms with E-state index in [0.29, 0.717) is 0 Å². The van der Waals surface area contributed by atoms with Crippen LogP contribution in [0.25, 0.3) is 0 Å². The summed E-state index contributed by atoms with van der Waals surface area (Å²) in [6.45, 7) is 7.30. The van der Waals surface area contributed by atoms with Gasteiger partial charge in [-0.15, -0.1) is 0 Å². The van der Waals surface area contributed by atoms with Gasteiger partial charge in [-0.25, -0.2) is 9.59 Å². The van der Waals surface area contributed by atoms with Crippen molar-refractivity contribution in [3.05, 3.63) is 29.6 Å². The highest BCUT2D eigenvalue weighted by Gasteiger charge is 2.92. The zero-order chi connectivity index (χ0) is 50.6. The highest BCUT2D eigenvalue weighted by Crippen LogP contribution is 2.70. The van der Waals surface area contributed by atoms with Crippen molar-refractivity contribution in [2.75, 3.05) is 20.3 Å². The molecule has 1 aromatic heterocycles. The van der Waals surface area contributed by atoms with Crippen LogP contribution in [-0.2, 0) is 90.5 Å². The van der Waals surface area contributed by atoms with Crippen LogP contribution in [0.15, 0.2) is 18.5 Å². The van der Waals surface area contributed by atoms with Crippen molar-refractivity contribution in [3.8, 4) is 0 Å². The van der Waals surface area contributed by atoms with Crippen LogP contribution in [0.1, 0.15) is 103 Å². The van der Waals surface area contributed by atoms with Crippen LogP contribution in [0, 0.1) is 23.2 Å². The van der Waals surface area contributed by atoms with Crippen LogP contribution < -0.4 is 0 Å². The molecule has 5 aliphatic rings. The number of esters is 9. The van der Waals surface area contributed by atoms with Crippen molar-refractivity contribution in [1.29, 1.82) is 0 Å². The number of methoxy groups -OCH3 is 1. The van der Waals surface area contributed by atoms with Crippen molar-refractivity contribution in [2.24, 2.45) is 23.2 Å². The Morgan fingerprint density at radius 1 is 0.794 bits per heavy atom. The van der Waals surface area contributed by atoms with Gasteiger partial charge in [-0.3, -0.25) is 43.3 Å². The molecule has 4 fully saturated rings. The predicted molar refractivity (Wildman–Crippen MR) is 219 cm³/mol. The van der Waals surface area contributed by atoms with Crippen LogP contribution >= 0.6 is 0 Å². The van der Waals surface area contributed by atoms with Crippen LogP contribution in [0.5, 0.6) is 0 Å². The summed E-state index contributed by atoms with van der Waals surface area (Å²) in [6.07, 6.45) is -12.8. The summed E-state index contributed by atoms with van der Waals surface area (Å²) < 4.78 is 60.1. The summed E-state index contributed by atoms with van der Waals surface area (Å²) in [5.41, 5.74) is -14.2. The maximum absolute atomic E-state index is 14.7. The first-order valence-corrected chi connectivity index (χ1v) is 21.7. The molecule has 6 rings (SSSR count). The summed E-state index contributed by atoms with van der Waals surface area (Å²) in [6, 6.07) is 1.32. The Bertz CT molecular complexity index is 2290. The molecule has 6 bridgehead atoms. The molecule has 2 spiro atoms. The number of carbonyl (C=O) groups is 10. The number of hydrogen-bond donors (Lipinski definition) is 2. The quantitative estimate of drug-likeness (QED) is 0.220. The Balaban J connectivity index is 1.82. The maximum Gasteiger partial charge on any atom is 0.340 e. The molecule has 2 saturated carbocycles. The van der Waals surface area contributed by atoms with E-state index in [9.17, 15) is 58.2 Å². The predicted octanol–water partition coefficient (Wildman–Crippen LogP) is 0.287. The van der Waals surface area contributed by atoms with E-state index in [1.54, 1.807) is 0 Å². The lowest BCUT2D eigenvalue weighted by atomic mass is 9.45. The molecule has 0 aromatic carbocycles.